The van der Waals surface area contributed by atoms with Gasteiger partial charge in [-0.2, -0.15) is 5.26 Å². The maximum Gasteiger partial charge on any atom is 0.0621 e. The molecule has 0 aliphatic rings. The van der Waals surface area contributed by atoms with Crippen LogP contribution in [0.4, 0.5) is 0 Å². The molecule has 0 aliphatic carbocycles. The number of aliphatic hydroxyl groups excluding tert-OH is 1. The first-order chi connectivity index (χ1) is 7.81. The van der Waals surface area contributed by atoms with E-state index in [4.69, 9.17) is 5.26 Å². The number of unbranched alkanes of at least 4 members (excludes halogenated alkanes) is 4. The van der Waals surface area contributed by atoms with Gasteiger partial charge in [-0.15, -0.1) is 0 Å². The smallest absolute Gasteiger partial charge is 0.0621 e. The molecule has 0 aromatic heterocycles. The molecule has 0 amide bonds. The number of hydrogen-bond acceptors (Lipinski definition) is 2. The number of nitrogens with zero attached hydrogens (tertiary/aromatic N) is 1. The zero-order valence-corrected chi connectivity index (χ0v) is 10.5. The molecule has 1 atom stereocenters. The largest absolute Gasteiger partial charge is 0.393 e. The number of rotatable bonds is 10. The molecule has 2 nitrogen and oxygen atoms in total. The van der Waals surface area contributed by atoms with E-state index in [1.807, 2.05) is 0 Å². The van der Waals surface area contributed by atoms with Crippen LogP contribution in [0.15, 0.2) is 12.2 Å². The van der Waals surface area contributed by atoms with Crippen molar-refractivity contribution < 1.29 is 5.11 Å². The summed E-state index contributed by atoms with van der Waals surface area (Å²) in [7, 11) is 0. The molecule has 0 aromatic rings. The molecule has 0 saturated carbocycles. The number of hydrogen-bond donors (Lipinski definition) is 1. The molecular weight excluding hydrogens is 198 g/mol. The zero-order chi connectivity index (χ0) is 12.1. The molecule has 0 saturated heterocycles. The highest BCUT2D eigenvalue weighted by Gasteiger charge is 2.00. The summed E-state index contributed by atoms with van der Waals surface area (Å²) in [5, 5.41) is 17.8. The highest BCUT2D eigenvalue weighted by atomic mass is 16.3. The van der Waals surface area contributed by atoms with E-state index in [2.05, 4.69) is 25.1 Å². The normalized spacial score (nSPS) is 12.8. The van der Waals surface area contributed by atoms with Crippen LogP contribution in [-0.2, 0) is 0 Å². The minimum absolute atomic E-state index is 0.0930. The van der Waals surface area contributed by atoms with Crippen LogP contribution in [0.3, 0.4) is 0 Å². The first-order valence-electron chi connectivity index (χ1n) is 6.51. The second-order valence-corrected chi connectivity index (χ2v) is 4.25. The number of aliphatic hydroxyl groups is 1. The summed E-state index contributed by atoms with van der Waals surface area (Å²) in [6, 6.07) is 2.14. The predicted molar refractivity (Wildman–Crippen MR) is 68.0 cm³/mol. The van der Waals surface area contributed by atoms with Crippen LogP contribution in [0.1, 0.15) is 64.7 Å². The van der Waals surface area contributed by atoms with Crippen LogP contribution in [0, 0.1) is 11.3 Å². The lowest BCUT2D eigenvalue weighted by Gasteiger charge is -2.07. The summed E-state index contributed by atoms with van der Waals surface area (Å²) in [5.41, 5.74) is 0. The second-order valence-electron chi connectivity index (χ2n) is 4.25. The zero-order valence-electron chi connectivity index (χ0n) is 10.5. The summed E-state index contributed by atoms with van der Waals surface area (Å²) in [6.45, 7) is 2.10. The molecule has 0 aliphatic heterocycles. The Morgan fingerprint density at radius 2 is 1.81 bits per heavy atom. The Morgan fingerprint density at radius 3 is 2.44 bits per heavy atom. The van der Waals surface area contributed by atoms with Gasteiger partial charge in [-0.1, -0.05) is 31.9 Å². The van der Waals surface area contributed by atoms with Crippen molar-refractivity contribution >= 4 is 0 Å². The average Bonchev–Trinajstić information content (AvgIpc) is 2.27. The van der Waals surface area contributed by atoms with Crippen molar-refractivity contribution in [2.24, 2.45) is 0 Å². The standard InChI is InChI=1S/C14H25NO/c1-2-11-14(16)12-9-7-5-3-4-6-8-10-13-15/h3-4,14,16H,2,5-12H2,1H3/b4-3-/t14-/m0/s1. The summed E-state index contributed by atoms with van der Waals surface area (Å²) < 4.78 is 0. The van der Waals surface area contributed by atoms with Gasteiger partial charge in [-0.3, -0.25) is 0 Å². The van der Waals surface area contributed by atoms with Crippen LogP contribution in [-0.4, -0.2) is 11.2 Å². The van der Waals surface area contributed by atoms with Crippen LogP contribution < -0.4 is 0 Å². The van der Waals surface area contributed by atoms with E-state index >= 15 is 0 Å². The van der Waals surface area contributed by atoms with Gasteiger partial charge in [0.1, 0.15) is 0 Å². The predicted octanol–water partition coefficient (Wildman–Crippen LogP) is 3.96. The highest BCUT2D eigenvalue weighted by molar-refractivity contribution is 4.83. The minimum atomic E-state index is -0.0930. The van der Waals surface area contributed by atoms with Crippen LogP contribution in [0.2, 0.25) is 0 Å². The van der Waals surface area contributed by atoms with Gasteiger partial charge < -0.3 is 5.11 Å². The molecule has 0 aromatic carbocycles. The molecule has 0 unspecified atom stereocenters. The van der Waals surface area contributed by atoms with E-state index in [1.54, 1.807) is 0 Å². The van der Waals surface area contributed by atoms with Crippen molar-refractivity contribution in [1.82, 2.24) is 0 Å². The first kappa shape index (κ1) is 15.2. The number of allylic oxidation sites excluding steroid dienone is 2. The van der Waals surface area contributed by atoms with Crippen LogP contribution in [0.25, 0.3) is 0 Å². The molecule has 0 fully saturated rings. The van der Waals surface area contributed by atoms with Gasteiger partial charge >= 0.3 is 0 Å². The van der Waals surface area contributed by atoms with Gasteiger partial charge in [0, 0.05) is 6.42 Å². The Kier molecular flexibility index (Phi) is 11.6. The molecule has 0 spiro atoms. The van der Waals surface area contributed by atoms with Crippen molar-refractivity contribution in [1.29, 1.82) is 5.26 Å². The molecule has 0 bridgehead atoms. The second kappa shape index (κ2) is 12.3. The van der Waals surface area contributed by atoms with Crippen molar-refractivity contribution in [2.45, 2.75) is 70.8 Å². The Labute approximate surface area is 100.0 Å². The van der Waals surface area contributed by atoms with Crippen LogP contribution in [0.5, 0.6) is 0 Å². The molecular formula is C14H25NO. The van der Waals surface area contributed by atoms with Crippen molar-refractivity contribution in [3.05, 3.63) is 12.2 Å². The van der Waals surface area contributed by atoms with E-state index < -0.39 is 0 Å². The maximum atomic E-state index is 9.50. The molecule has 0 rings (SSSR count). The third kappa shape index (κ3) is 11.3. The summed E-state index contributed by atoms with van der Waals surface area (Å²) in [5.74, 6) is 0. The summed E-state index contributed by atoms with van der Waals surface area (Å²) in [4.78, 5) is 0. The Morgan fingerprint density at radius 1 is 1.12 bits per heavy atom. The fraction of sp³-hybridized carbons (Fsp3) is 0.786. The van der Waals surface area contributed by atoms with Crippen molar-refractivity contribution in [3.8, 4) is 6.07 Å². The van der Waals surface area contributed by atoms with E-state index in [0.717, 1.165) is 51.4 Å². The van der Waals surface area contributed by atoms with E-state index in [1.165, 1.54) is 0 Å². The lowest BCUT2D eigenvalue weighted by atomic mass is 10.1. The lowest BCUT2D eigenvalue weighted by Crippen LogP contribution is -2.04. The maximum absolute atomic E-state index is 9.50. The Hall–Kier alpha value is -0.810. The SMILES string of the molecule is CCC[C@H](O)CCCC/C=C\CCCC#N. The summed E-state index contributed by atoms with van der Waals surface area (Å²) in [6.07, 6.45) is 13.3. The third-order valence-corrected chi connectivity index (χ3v) is 2.61. The van der Waals surface area contributed by atoms with Gasteiger partial charge in [0.25, 0.3) is 0 Å². The van der Waals surface area contributed by atoms with Crippen molar-refractivity contribution in [3.63, 3.8) is 0 Å². The van der Waals surface area contributed by atoms with Gasteiger partial charge in [0.15, 0.2) is 0 Å². The molecule has 2 heteroatoms. The quantitative estimate of drug-likeness (QED) is 0.450. The first-order valence-corrected chi connectivity index (χ1v) is 6.51. The molecule has 0 heterocycles. The number of nitriles is 1. The van der Waals surface area contributed by atoms with Gasteiger partial charge in [-0.25, -0.2) is 0 Å². The topological polar surface area (TPSA) is 44.0 Å². The van der Waals surface area contributed by atoms with Gasteiger partial charge in [0.05, 0.1) is 12.2 Å². The fourth-order valence-electron chi connectivity index (χ4n) is 1.65. The molecule has 92 valence electrons. The fourth-order valence-corrected chi connectivity index (χ4v) is 1.65. The Bertz CT molecular complexity index is 205. The van der Waals surface area contributed by atoms with E-state index in [-0.39, 0.29) is 6.10 Å². The van der Waals surface area contributed by atoms with Gasteiger partial charge in [-0.05, 0) is 38.5 Å². The molecule has 1 N–H and O–H groups in total. The highest BCUT2D eigenvalue weighted by Crippen LogP contribution is 2.08. The summed E-state index contributed by atoms with van der Waals surface area (Å²) >= 11 is 0. The molecule has 16 heavy (non-hydrogen) atoms. The minimum Gasteiger partial charge on any atom is -0.393 e. The van der Waals surface area contributed by atoms with E-state index in [0.29, 0.717) is 6.42 Å². The average molecular weight is 223 g/mol. The lowest BCUT2D eigenvalue weighted by molar-refractivity contribution is 0.150. The van der Waals surface area contributed by atoms with Crippen LogP contribution >= 0.6 is 0 Å². The van der Waals surface area contributed by atoms with E-state index in [9.17, 15) is 5.11 Å². The third-order valence-electron chi connectivity index (χ3n) is 2.61. The molecule has 0 radical (unpaired) electrons. The van der Waals surface area contributed by atoms with Gasteiger partial charge in [0.2, 0.25) is 0 Å². The van der Waals surface area contributed by atoms with Crippen molar-refractivity contribution in [2.75, 3.05) is 0 Å². The monoisotopic (exact) mass is 223 g/mol. The Balaban J connectivity index is 3.17.